The van der Waals surface area contributed by atoms with Crippen LogP contribution in [0.2, 0.25) is 0 Å². The molecule has 0 amide bonds. The first-order valence-corrected chi connectivity index (χ1v) is 16.2. The summed E-state index contributed by atoms with van der Waals surface area (Å²) in [4.78, 5) is 24.5. The van der Waals surface area contributed by atoms with Crippen LogP contribution in [0.1, 0.15) is 120 Å². The second-order valence-electron chi connectivity index (χ2n) is 16.1. The molecule has 4 saturated carbocycles. The number of hydrogen-bond donors (Lipinski definition) is 2. The van der Waals surface area contributed by atoms with Crippen molar-refractivity contribution in [1.29, 1.82) is 0 Å². The Balaban J connectivity index is 1.54. The summed E-state index contributed by atoms with van der Waals surface area (Å²) >= 11 is 12.5. The van der Waals surface area contributed by atoms with Crippen LogP contribution in [0.15, 0.2) is 11.6 Å². The molecule has 10 unspecified atom stereocenters. The van der Waals surface area contributed by atoms with E-state index in [0.29, 0.717) is 11.8 Å². The minimum atomic E-state index is -0.659. The van der Waals surface area contributed by atoms with Crippen molar-refractivity contribution in [2.24, 2.45) is 44.3 Å². The molecule has 0 aromatic rings. The van der Waals surface area contributed by atoms with Gasteiger partial charge in [0, 0.05) is 5.41 Å². The predicted molar refractivity (Wildman–Crippen MR) is 160 cm³/mol. The average Bonchev–Trinajstić information content (AvgIpc) is 2.84. The zero-order valence-electron chi connectivity index (χ0n) is 25.5. The van der Waals surface area contributed by atoms with Gasteiger partial charge in [-0.1, -0.05) is 53.2 Å². The van der Waals surface area contributed by atoms with Crippen LogP contribution in [-0.2, 0) is 14.3 Å². The molecule has 5 rings (SSSR count). The standard InChI is InChI=1S/C33H51ClO4S/c1-20(39)25(35)38-24-11-12-31(7)23(27(24,2)3)10-13-32(8)30(6)18-17-28(4)15-16-29(5,26(36)37)19-22(28)21(30)9-14-33(31,32)34/h9,20,22-24,39H,10-19H2,1-8H3,(H,36,37). The number of carboxylic acids is 1. The highest BCUT2D eigenvalue weighted by atomic mass is 35.5. The minimum Gasteiger partial charge on any atom is -0.481 e. The third-order valence-electron chi connectivity index (χ3n) is 14.0. The van der Waals surface area contributed by atoms with Gasteiger partial charge in [-0.2, -0.15) is 12.6 Å². The van der Waals surface area contributed by atoms with Crippen molar-refractivity contribution >= 4 is 36.2 Å². The number of rotatable bonds is 3. The number of carbonyl (C=O) groups is 2. The van der Waals surface area contributed by atoms with Gasteiger partial charge in [0.25, 0.3) is 0 Å². The molecule has 220 valence electrons. The Bertz CT molecular complexity index is 1100. The average molecular weight is 579 g/mol. The SMILES string of the molecule is CC(S)C(=O)OC1CCC2(C)C(CCC3(C)C4(C)CCC5(C)CCC(C)(C(=O)O)CC5C4=CCC23Cl)C1(C)C. The van der Waals surface area contributed by atoms with Crippen molar-refractivity contribution in [2.75, 3.05) is 0 Å². The van der Waals surface area contributed by atoms with E-state index in [2.05, 4.69) is 60.2 Å². The van der Waals surface area contributed by atoms with Gasteiger partial charge in [-0.05, 0) is 112 Å². The van der Waals surface area contributed by atoms with E-state index in [-0.39, 0.29) is 39.1 Å². The lowest BCUT2D eigenvalue weighted by Gasteiger charge is -2.74. The van der Waals surface area contributed by atoms with Crippen molar-refractivity contribution in [3.05, 3.63) is 11.6 Å². The van der Waals surface area contributed by atoms with Gasteiger partial charge >= 0.3 is 11.9 Å². The van der Waals surface area contributed by atoms with Crippen LogP contribution in [0.25, 0.3) is 0 Å². The lowest BCUT2D eigenvalue weighted by Crippen LogP contribution is -2.71. The molecule has 0 aliphatic heterocycles. The van der Waals surface area contributed by atoms with Gasteiger partial charge in [-0.3, -0.25) is 9.59 Å². The van der Waals surface area contributed by atoms with E-state index >= 15 is 0 Å². The number of aliphatic carboxylic acids is 1. The van der Waals surface area contributed by atoms with Crippen LogP contribution in [0.3, 0.4) is 0 Å². The molecule has 5 aliphatic rings. The van der Waals surface area contributed by atoms with E-state index in [4.69, 9.17) is 16.3 Å². The monoisotopic (exact) mass is 578 g/mol. The Morgan fingerprint density at radius 1 is 1.00 bits per heavy atom. The van der Waals surface area contributed by atoms with Gasteiger partial charge in [0.15, 0.2) is 0 Å². The van der Waals surface area contributed by atoms with E-state index in [9.17, 15) is 14.7 Å². The topological polar surface area (TPSA) is 63.6 Å². The molecular formula is C33H51ClO4S. The summed E-state index contributed by atoms with van der Waals surface area (Å²) in [6.45, 7) is 18.1. The molecule has 0 aromatic carbocycles. The number of carboxylic acid groups (broad SMARTS) is 1. The van der Waals surface area contributed by atoms with Crippen molar-refractivity contribution in [3.8, 4) is 0 Å². The zero-order valence-corrected chi connectivity index (χ0v) is 27.1. The fraction of sp³-hybridized carbons (Fsp3) is 0.879. The van der Waals surface area contributed by atoms with Gasteiger partial charge in [-0.25, -0.2) is 0 Å². The zero-order chi connectivity index (χ0) is 29.0. The smallest absolute Gasteiger partial charge is 0.318 e. The minimum absolute atomic E-state index is 0.0587. The van der Waals surface area contributed by atoms with Gasteiger partial charge < -0.3 is 9.84 Å². The number of esters is 1. The molecule has 0 spiro atoms. The van der Waals surface area contributed by atoms with Crippen molar-refractivity contribution in [3.63, 3.8) is 0 Å². The fourth-order valence-electron chi connectivity index (χ4n) is 10.9. The quantitative estimate of drug-likeness (QED) is 0.153. The summed E-state index contributed by atoms with van der Waals surface area (Å²) in [5, 5.41) is 9.73. The summed E-state index contributed by atoms with van der Waals surface area (Å²) in [5.74, 6) is -0.240. The molecule has 4 fully saturated rings. The molecule has 39 heavy (non-hydrogen) atoms. The molecule has 0 heterocycles. The maximum absolute atomic E-state index is 12.5. The highest BCUT2D eigenvalue weighted by Gasteiger charge is 2.74. The number of fused-ring (bicyclic) bond motifs is 7. The van der Waals surface area contributed by atoms with Crippen molar-refractivity contribution < 1.29 is 19.4 Å². The number of carbonyl (C=O) groups excluding carboxylic acids is 1. The van der Waals surface area contributed by atoms with E-state index in [0.717, 1.165) is 64.2 Å². The van der Waals surface area contributed by atoms with E-state index in [1.807, 2.05) is 6.92 Å². The molecule has 4 nitrogen and oxygen atoms in total. The summed E-state index contributed by atoms with van der Waals surface area (Å²) in [6.07, 6.45) is 11.8. The Kier molecular flexibility index (Phi) is 6.81. The maximum Gasteiger partial charge on any atom is 0.318 e. The molecule has 0 radical (unpaired) electrons. The lowest BCUT2D eigenvalue weighted by molar-refractivity contribution is -0.203. The van der Waals surface area contributed by atoms with Crippen LogP contribution in [0, 0.1) is 44.3 Å². The molecule has 0 saturated heterocycles. The highest BCUT2D eigenvalue weighted by molar-refractivity contribution is 7.81. The Hall–Kier alpha value is -0.680. The molecule has 5 aliphatic carbocycles. The highest BCUT2D eigenvalue weighted by Crippen LogP contribution is 2.78. The number of hydrogen-bond acceptors (Lipinski definition) is 4. The number of ether oxygens (including phenoxy) is 1. The summed E-state index contributed by atoms with van der Waals surface area (Å²) < 4.78 is 6.05. The number of thiol groups is 1. The van der Waals surface area contributed by atoms with Crippen LogP contribution in [-0.4, -0.2) is 33.3 Å². The number of halogens is 1. The molecule has 10 atom stereocenters. The Morgan fingerprint density at radius 3 is 2.26 bits per heavy atom. The van der Waals surface area contributed by atoms with Gasteiger partial charge in [0.05, 0.1) is 15.5 Å². The van der Waals surface area contributed by atoms with Crippen LogP contribution in [0.4, 0.5) is 0 Å². The molecule has 1 N–H and O–H groups in total. The van der Waals surface area contributed by atoms with Crippen molar-refractivity contribution in [2.45, 2.75) is 136 Å². The summed E-state index contributed by atoms with van der Waals surface area (Å²) in [6, 6.07) is 0. The maximum atomic E-state index is 12.5. The summed E-state index contributed by atoms with van der Waals surface area (Å²) in [5.41, 5.74) is 0.567. The first-order chi connectivity index (χ1) is 17.8. The number of alkyl halides is 1. The van der Waals surface area contributed by atoms with Gasteiger partial charge in [0.2, 0.25) is 0 Å². The van der Waals surface area contributed by atoms with Gasteiger partial charge in [-0.15, -0.1) is 11.6 Å². The third-order valence-corrected chi connectivity index (χ3v) is 15.2. The first-order valence-electron chi connectivity index (χ1n) is 15.3. The largest absolute Gasteiger partial charge is 0.481 e. The van der Waals surface area contributed by atoms with Crippen molar-refractivity contribution in [1.82, 2.24) is 0 Å². The normalized spacial score (nSPS) is 51.2. The van der Waals surface area contributed by atoms with E-state index in [1.54, 1.807) is 6.92 Å². The van der Waals surface area contributed by atoms with Gasteiger partial charge in [0.1, 0.15) is 6.10 Å². The molecule has 0 aromatic heterocycles. The molecule has 6 heteroatoms. The lowest BCUT2D eigenvalue weighted by atomic mass is 9.33. The molecular weight excluding hydrogens is 528 g/mol. The number of allylic oxidation sites excluding steroid dienone is 2. The Labute approximate surface area is 246 Å². The Morgan fingerprint density at radius 2 is 1.64 bits per heavy atom. The van der Waals surface area contributed by atoms with E-state index < -0.39 is 21.5 Å². The summed E-state index contributed by atoms with van der Waals surface area (Å²) in [7, 11) is 0. The first kappa shape index (κ1) is 29.8. The van der Waals surface area contributed by atoms with E-state index in [1.165, 1.54) is 5.57 Å². The third kappa shape index (κ3) is 3.76. The fourth-order valence-corrected chi connectivity index (χ4v) is 11.5. The predicted octanol–water partition coefficient (Wildman–Crippen LogP) is 8.46. The van der Waals surface area contributed by atoms with Crippen LogP contribution >= 0.6 is 24.2 Å². The second-order valence-corrected chi connectivity index (χ2v) is 17.5. The molecule has 0 bridgehead atoms. The van der Waals surface area contributed by atoms with Crippen LogP contribution < -0.4 is 0 Å². The van der Waals surface area contributed by atoms with Crippen LogP contribution in [0.5, 0.6) is 0 Å². The second kappa shape index (κ2) is 8.91.